The van der Waals surface area contributed by atoms with Crippen LogP contribution < -0.4 is 0 Å². The molecule has 0 bridgehead atoms. The predicted molar refractivity (Wildman–Crippen MR) is 66.4 cm³/mol. The maximum atomic E-state index is 5.34. The van der Waals surface area contributed by atoms with Crippen LogP contribution in [0.15, 0.2) is 34.7 Å². The molecule has 0 aliphatic carbocycles. The van der Waals surface area contributed by atoms with E-state index in [0.29, 0.717) is 5.89 Å². The second kappa shape index (κ2) is 4.49. The number of aryl methyl sites for hydroxylation is 1. The van der Waals surface area contributed by atoms with E-state index in [1.165, 1.54) is 0 Å². The molecular formula is C12H8INO. The van der Waals surface area contributed by atoms with Gasteiger partial charge in [0.2, 0.25) is 0 Å². The first-order valence-electron chi connectivity index (χ1n) is 4.46. The fraction of sp³-hybridized carbons (Fsp3) is 0.0833. The molecule has 2 nitrogen and oxygen atoms in total. The summed E-state index contributed by atoms with van der Waals surface area (Å²) in [5.74, 6) is 7.17. The van der Waals surface area contributed by atoms with Gasteiger partial charge in [-0.1, -0.05) is 24.1 Å². The molecule has 0 aliphatic rings. The molecule has 0 spiro atoms. The van der Waals surface area contributed by atoms with Crippen LogP contribution in [0.5, 0.6) is 0 Å². The van der Waals surface area contributed by atoms with Crippen LogP contribution in [0.3, 0.4) is 0 Å². The average molecular weight is 309 g/mol. The Morgan fingerprint density at radius 1 is 1.20 bits per heavy atom. The van der Waals surface area contributed by atoms with Crippen LogP contribution in [-0.4, -0.2) is 4.98 Å². The van der Waals surface area contributed by atoms with Crippen molar-refractivity contribution in [2.24, 2.45) is 0 Å². The Kier molecular flexibility index (Phi) is 3.07. The van der Waals surface area contributed by atoms with E-state index < -0.39 is 0 Å². The van der Waals surface area contributed by atoms with Crippen molar-refractivity contribution >= 4 is 22.6 Å². The van der Waals surface area contributed by atoms with E-state index in [1.54, 1.807) is 0 Å². The average Bonchev–Trinajstić information content (AvgIpc) is 2.57. The van der Waals surface area contributed by atoms with Crippen molar-refractivity contribution in [3.63, 3.8) is 0 Å². The SMILES string of the molecule is Cc1oc(C#Cc2ccccc2)nc1I. The van der Waals surface area contributed by atoms with Crippen LogP contribution in [-0.2, 0) is 0 Å². The third-order valence-electron chi connectivity index (χ3n) is 1.83. The van der Waals surface area contributed by atoms with Crippen molar-refractivity contribution in [2.45, 2.75) is 6.92 Å². The van der Waals surface area contributed by atoms with Crippen molar-refractivity contribution in [2.75, 3.05) is 0 Å². The van der Waals surface area contributed by atoms with E-state index >= 15 is 0 Å². The summed E-state index contributed by atoms with van der Waals surface area (Å²) in [6.45, 7) is 1.88. The molecule has 0 saturated carbocycles. The fourth-order valence-corrected chi connectivity index (χ4v) is 1.41. The zero-order chi connectivity index (χ0) is 10.7. The molecule has 0 fully saturated rings. The van der Waals surface area contributed by atoms with Gasteiger partial charge in [0, 0.05) is 5.56 Å². The molecule has 0 saturated heterocycles. The lowest BCUT2D eigenvalue weighted by Gasteiger charge is -1.84. The number of rotatable bonds is 0. The molecule has 74 valence electrons. The third kappa shape index (κ3) is 2.60. The molecule has 0 atom stereocenters. The third-order valence-corrected chi connectivity index (χ3v) is 2.83. The molecule has 1 aromatic carbocycles. The van der Waals surface area contributed by atoms with Gasteiger partial charge in [-0.3, -0.25) is 0 Å². The quantitative estimate of drug-likeness (QED) is 0.552. The number of oxazole rings is 1. The van der Waals surface area contributed by atoms with Gasteiger partial charge in [0.05, 0.1) is 0 Å². The summed E-state index contributed by atoms with van der Waals surface area (Å²) in [7, 11) is 0. The van der Waals surface area contributed by atoms with Crippen molar-refractivity contribution in [1.82, 2.24) is 4.98 Å². The molecule has 0 unspecified atom stereocenters. The fourth-order valence-electron chi connectivity index (χ4n) is 1.08. The summed E-state index contributed by atoms with van der Waals surface area (Å²) in [6, 6.07) is 9.77. The highest BCUT2D eigenvalue weighted by atomic mass is 127. The lowest BCUT2D eigenvalue weighted by atomic mass is 10.2. The number of aromatic nitrogens is 1. The summed E-state index contributed by atoms with van der Waals surface area (Å²) in [5.41, 5.74) is 0.961. The topological polar surface area (TPSA) is 26.0 Å². The van der Waals surface area contributed by atoms with Crippen LogP contribution in [0.25, 0.3) is 0 Å². The molecule has 0 radical (unpaired) electrons. The Morgan fingerprint density at radius 2 is 1.93 bits per heavy atom. The van der Waals surface area contributed by atoms with E-state index in [2.05, 4.69) is 39.4 Å². The molecule has 0 N–H and O–H groups in total. The van der Waals surface area contributed by atoms with Crippen LogP contribution in [0.2, 0.25) is 0 Å². The minimum Gasteiger partial charge on any atom is -0.434 e. The van der Waals surface area contributed by atoms with E-state index in [0.717, 1.165) is 15.0 Å². The van der Waals surface area contributed by atoms with Crippen LogP contribution in [0.4, 0.5) is 0 Å². The van der Waals surface area contributed by atoms with Gasteiger partial charge in [-0.2, -0.15) is 4.98 Å². The molecule has 1 heterocycles. The molecule has 2 aromatic rings. The van der Waals surface area contributed by atoms with Gasteiger partial charge in [0.15, 0.2) is 0 Å². The Morgan fingerprint density at radius 3 is 2.53 bits per heavy atom. The first kappa shape index (κ1) is 10.2. The Labute approximate surface area is 102 Å². The Hall–Kier alpha value is -1.28. The van der Waals surface area contributed by atoms with E-state index in [-0.39, 0.29) is 0 Å². The standard InChI is InChI=1S/C12H8INO/c1-9-12(13)14-11(15-9)8-7-10-5-3-2-4-6-10/h2-6H,1H3. The van der Waals surface area contributed by atoms with Gasteiger partial charge in [-0.25, -0.2) is 0 Å². The van der Waals surface area contributed by atoms with Crippen LogP contribution in [0.1, 0.15) is 17.2 Å². The molecular weight excluding hydrogens is 301 g/mol. The second-order valence-corrected chi connectivity index (χ2v) is 4.00. The summed E-state index contributed by atoms with van der Waals surface area (Å²) >= 11 is 2.13. The first-order chi connectivity index (χ1) is 7.25. The Balaban J connectivity index is 2.26. The lowest BCUT2D eigenvalue weighted by Crippen LogP contribution is -1.75. The molecule has 2 rings (SSSR count). The van der Waals surface area contributed by atoms with E-state index in [1.807, 2.05) is 37.3 Å². The number of halogens is 1. The summed E-state index contributed by atoms with van der Waals surface area (Å²) in [4.78, 5) is 4.17. The Bertz CT molecular complexity index is 500. The monoisotopic (exact) mass is 309 g/mol. The summed E-state index contributed by atoms with van der Waals surface area (Å²) < 4.78 is 6.21. The van der Waals surface area contributed by atoms with Crippen LogP contribution in [0, 0.1) is 22.5 Å². The highest BCUT2D eigenvalue weighted by Crippen LogP contribution is 2.10. The van der Waals surface area contributed by atoms with Crippen molar-refractivity contribution in [3.05, 3.63) is 51.2 Å². The highest BCUT2D eigenvalue weighted by molar-refractivity contribution is 14.1. The van der Waals surface area contributed by atoms with E-state index in [4.69, 9.17) is 4.42 Å². The van der Waals surface area contributed by atoms with Gasteiger partial charge in [0.1, 0.15) is 9.46 Å². The molecule has 0 amide bonds. The minimum atomic E-state index is 0.473. The zero-order valence-electron chi connectivity index (χ0n) is 8.12. The van der Waals surface area contributed by atoms with Gasteiger partial charge >= 0.3 is 0 Å². The minimum absolute atomic E-state index is 0.473. The molecule has 0 aliphatic heterocycles. The lowest BCUT2D eigenvalue weighted by molar-refractivity contribution is 0.513. The van der Waals surface area contributed by atoms with Gasteiger partial charge in [0.25, 0.3) is 5.89 Å². The van der Waals surface area contributed by atoms with Gasteiger partial charge < -0.3 is 4.42 Å². The predicted octanol–water partition coefficient (Wildman–Crippen LogP) is 2.99. The van der Waals surface area contributed by atoms with Gasteiger partial charge in [-0.05, 0) is 47.6 Å². The maximum Gasteiger partial charge on any atom is 0.274 e. The first-order valence-corrected chi connectivity index (χ1v) is 5.53. The normalized spacial score (nSPS) is 9.47. The number of hydrogen-bond donors (Lipinski definition) is 0. The van der Waals surface area contributed by atoms with Crippen molar-refractivity contribution < 1.29 is 4.42 Å². The highest BCUT2D eigenvalue weighted by Gasteiger charge is 2.02. The largest absolute Gasteiger partial charge is 0.434 e. The number of nitrogens with zero attached hydrogens (tertiary/aromatic N) is 1. The smallest absolute Gasteiger partial charge is 0.274 e. The van der Waals surface area contributed by atoms with E-state index in [9.17, 15) is 0 Å². The summed E-state index contributed by atoms with van der Waals surface area (Å²) in [6.07, 6.45) is 0. The number of benzene rings is 1. The molecule has 3 heteroatoms. The molecule has 15 heavy (non-hydrogen) atoms. The second-order valence-electron chi connectivity index (χ2n) is 2.98. The van der Waals surface area contributed by atoms with Crippen LogP contribution >= 0.6 is 22.6 Å². The summed E-state index contributed by atoms with van der Waals surface area (Å²) in [5, 5.41) is 0. The van der Waals surface area contributed by atoms with Crippen molar-refractivity contribution in [3.8, 4) is 11.8 Å². The molecule has 1 aromatic heterocycles. The maximum absolute atomic E-state index is 5.34. The zero-order valence-corrected chi connectivity index (χ0v) is 10.3. The van der Waals surface area contributed by atoms with Crippen molar-refractivity contribution in [1.29, 1.82) is 0 Å². The van der Waals surface area contributed by atoms with Gasteiger partial charge in [-0.15, -0.1) is 0 Å². The number of hydrogen-bond acceptors (Lipinski definition) is 2.